The summed E-state index contributed by atoms with van der Waals surface area (Å²) >= 11 is 0. The summed E-state index contributed by atoms with van der Waals surface area (Å²) in [6.45, 7) is 3.43. The van der Waals surface area contributed by atoms with Gasteiger partial charge in [0.05, 0.1) is 20.6 Å². The van der Waals surface area contributed by atoms with Crippen LogP contribution in [-0.2, 0) is 4.79 Å². The van der Waals surface area contributed by atoms with Gasteiger partial charge in [0.2, 0.25) is 0 Å². The number of quaternary nitrogens is 1. The summed E-state index contributed by atoms with van der Waals surface area (Å²) in [4.78, 5) is 10.3. The number of nitrogens with zero attached hydrogens (tertiary/aromatic N) is 1. The van der Waals surface area contributed by atoms with E-state index < -0.39 is 5.97 Å². The highest BCUT2D eigenvalue weighted by molar-refractivity contribution is 5.64. The van der Waals surface area contributed by atoms with E-state index in [2.05, 4.69) is 6.92 Å². The fraction of sp³-hybridized carbons (Fsp3) is 0.786. The fourth-order valence-electron chi connectivity index (χ4n) is 1.90. The summed E-state index contributed by atoms with van der Waals surface area (Å²) in [5, 5.41) is 20.1. The lowest BCUT2D eigenvalue weighted by Crippen LogP contribution is -2.42. The summed E-state index contributed by atoms with van der Waals surface area (Å²) in [7, 11) is 3.98. The van der Waals surface area contributed by atoms with E-state index in [1.54, 1.807) is 0 Å². The normalized spacial score (nSPS) is 12.7. The summed E-state index contributed by atoms with van der Waals surface area (Å²) in [5.41, 5.74) is 0. The molecular formula is C14H27NO3. The van der Waals surface area contributed by atoms with Crippen molar-refractivity contribution in [3.05, 3.63) is 11.8 Å². The number of carbonyl (C=O) groups is 1. The quantitative estimate of drug-likeness (QED) is 0.367. The molecule has 18 heavy (non-hydrogen) atoms. The maximum Gasteiger partial charge on any atom is 0.143 e. The molecule has 0 radical (unpaired) electrons. The number of aliphatic hydroxyl groups is 1. The summed E-state index contributed by atoms with van der Waals surface area (Å²) < 4.78 is 0.601. The first-order chi connectivity index (χ1) is 8.37. The molecule has 0 saturated carbocycles. The van der Waals surface area contributed by atoms with E-state index in [-0.39, 0.29) is 6.42 Å². The van der Waals surface area contributed by atoms with Crippen molar-refractivity contribution in [2.24, 2.45) is 0 Å². The van der Waals surface area contributed by atoms with Gasteiger partial charge in [0.15, 0.2) is 0 Å². The molecule has 0 aliphatic carbocycles. The van der Waals surface area contributed by atoms with Gasteiger partial charge in [-0.05, 0) is 25.3 Å². The zero-order valence-electron chi connectivity index (χ0n) is 11.9. The second-order valence-corrected chi connectivity index (χ2v) is 5.48. The molecule has 0 amide bonds. The number of aliphatic hydroxyl groups excluding tert-OH is 1. The van der Waals surface area contributed by atoms with Crippen LogP contribution in [0.2, 0.25) is 0 Å². The number of rotatable bonds is 10. The number of hydrogen-bond acceptors (Lipinski definition) is 3. The van der Waals surface area contributed by atoms with Crippen molar-refractivity contribution in [3.63, 3.8) is 0 Å². The average Bonchev–Trinajstić information content (AvgIpc) is 2.22. The van der Waals surface area contributed by atoms with E-state index >= 15 is 0 Å². The zero-order chi connectivity index (χ0) is 14.0. The maximum atomic E-state index is 10.3. The van der Waals surface area contributed by atoms with E-state index in [0.717, 1.165) is 19.4 Å². The van der Waals surface area contributed by atoms with Crippen LogP contribution >= 0.6 is 0 Å². The Balaban J connectivity index is 3.93. The highest BCUT2D eigenvalue weighted by atomic mass is 16.4. The molecule has 0 aliphatic rings. The minimum Gasteiger partial charge on any atom is -0.550 e. The Hall–Kier alpha value is -1.03. The van der Waals surface area contributed by atoms with Gasteiger partial charge >= 0.3 is 0 Å². The van der Waals surface area contributed by atoms with Crippen LogP contribution in [-0.4, -0.2) is 42.7 Å². The molecule has 106 valence electrons. The maximum absolute atomic E-state index is 10.3. The Bertz CT molecular complexity index is 272. The lowest BCUT2D eigenvalue weighted by Gasteiger charge is -2.29. The molecule has 0 bridgehead atoms. The second kappa shape index (κ2) is 8.97. The Morgan fingerprint density at radius 3 is 2.50 bits per heavy atom. The van der Waals surface area contributed by atoms with Crippen molar-refractivity contribution in [2.75, 3.05) is 27.2 Å². The third-order valence-electron chi connectivity index (χ3n) is 2.92. The SMILES string of the molecule is CCCCC/C=C(\O)C[N+](C)(C)CCCC(=O)[O-]. The van der Waals surface area contributed by atoms with Crippen molar-refractivity contribution in [1.82, 2.24) is 0 Å². The molecule has 0 atom stereocenters. The Kier molecular flexibility index (Phi) is 8.46. The average molecular weight is 257 g/mol. The second-order valence-electron chi connectivity index (χ2n) is 5.48. The topological polar surface area (TPSA) is 60.4 Å². The van der Waals surface area contributed by atoms with Gasteiger partial charge in [0.1, 0.15) is 12.3 Å². The Morgan fingerprint density at radius 2 is 1.94 bits per heavy atom. The van der Waals surface area contributed by atoms with Crippen LogP contribution in [0.5, 0.6) is 0 Å². The third-order valence-corrected chi connectivity index (χ3v) is 2.92. The van der Waals surface area contributed by atoms with Crippen molar-refractivity contribution in [3.8, 4) is 0 Å². The van der Waals surface area contributed by atoms with Crippen molar-refractivity contribution >= 4 is 5.97 Å². The van der Waals surface area contributed by atoms with Gasteiger partial charge in [0.25, 0.3) is 0 Å². The highest BCUT2D eigenvalue weighted by Crippen LogP contribution is 2.08. The van der Waals surface area contributed by atoms with E-state index in [1.165, 1.54) is 12.8 Å². The number of hydrogen-bond donors (Lipinski definition) is 1. The van der Waals surface area contributed by atoms with Crippen molar-refractivity contribution in [1.29, 1.82) is 0 Å². The molecule has 0 aliphatic heterocycles. The molecule has 0 saturated heterocycles. The minimum absolute atomic E-state index is 0.0860. The number of likely N-dealkylation sites (N-methyl/N-ethyl adjacent to an activating group) is 1. The number of carboxylic acids is 1. The first kappa shape index (κ1) is 17.0. The molecular weight excluding hydrogens is 230 g/mol. The highest BCUT2D eigenvalue weighted by Gasteiger charge is 2.16. The van der Waals surface area contributed by atoms with E-state index in [4.69, 9.17) is 0 Å². The van der Waals surface area contributed by atoms with Crippen LogP contribution in [0.3, 0.4) is 0 Å². The monoisotopic (exact) mass is 257 g/mol. The number of carboxylic acid groups (broad SMARTS) is 1. The van der Waals surface area contributed by atoms with Crippen LogP contribution in [0.1, 0.15) is 45.4 Å². The Labute approximate surface area is 111 Å². The summed E-state index contributed by atoms with van der Waals surface area (Å²) in [6, 6.07) is 0. The van der Waals surface area contributed by atoms with Gasteiger partial charge < -0.3 is 19.5 Å². The molecule has 0 unspecified atom stereocenters. The summed E-state index contributed by atoms with van der Waals surface area (Å²) in [6.07, 6.45) is 6.94. The van der Waals surface area contributed by atoms with E-state index in [9.17, 15) is 15.0 Å². The van der Waals surface area contributed by atoms with Crippen LogP contribution in [0, 0.1) is 0 Å². The smallest absolute Gasteiger partial charge is 0.143 e. The lowest BCUT2D eigenvalue weighted by molar-refractivity contribution is -0.887. The molecule has 0 aromatic carbocycles. The zero-order valence-corrected chi connectivity index (χ0v) is 11.9. The van der Waals surface area contributed by atoms with Crippen molar-refractivity contribution < 1.29 is 19.5 Å². The number of allylic oxidation sites excluding steroid dienone is 1. The molecule has 0 fully saturated rings. The number of carbonyl (C=O) groups excluding carboxylic acids is 1. The van der Waals surface area contributed by atoms with Gasteiger partial charge in [-0.1, -0.05) is 19.8 Å². The van der Waals surface area contributed by atoms with Gasteiger partial charge in [0, 0.05) is 12.4 Å². The van der Waals surface area contributed by atoms with Gasteiger partial charge in [-0.25, -0.2) is 0 Å². The minimum atomic E-state index is -1.01. The van der Waals surface area contributed by atoms with Gasteiger partial charge in [-0.3, -0.25) is 0 Å². The third kappa shape index (κ3) is 10.1. The molecule has 1 N–H and O–H groups in total. The fourth-order valence-corrected chi connectivity index (χ4v) is 1.90. The van der Waals surface area contributed by atoms with Crippen LogP contribution in [0.4, 0.5) is 0 Å². The summed E-state index contributed by atoms with van der Waals surface area (Å²) in [5.74, 6) is -0.598. The predicted octanol–water partition coefficient (Wildman–Crippen LogP) is 1.62. The largest absolute Gasteiger partial charge is 0.550 e. The van der Waals surface area contributed by atoms with E-state index in [0.29, 0.717) is 23.2 Å². The van der Waals surface area contributed by atoms with Crippen LogP contribution < -0.4 is 5.11 Å². The first-order valence-electron chi connectivity index (χ1n) is 6.77. The molecule has 0 rings (SSSR count). The number of aliphatic carboxylic acids is 1. The van der Waals surface area contributed by atoms with Gasteiger partial charge in [-0.15, -0.1) is 0 Å². The lowest BCUT2D eigenvalue weighted by atomic mass is 10.2. The first-order valence-corrected chi connectivity index (χ1v) is 6.77. The standard InChI is InChI=1S/C14H27NO3/c1-4-5-6-7-9-13(16)12-15(2,3)11-8-10-14(17)18/h9H,4-8,10-12H2,1-3H3,(H-,16,17,18)/b13-9-. The molecule has 0 spiro atoms. The van der Waals surface area contributed by atoms with Crippen molar-refractivity contribution in [2.45, 2.75) is 45.4 Å². The molecule has 0 aromatic rings. The predicted molar refractivity (Wildman–Crippen MR) is 70.9 cm³/mol. The number of unbranched alkanes of at least 4 members (excludes halogenated alkanes) is 3. The van der Waals surface area contributed by atoms with Crippen LogP contribution in [0.25, 0.3) is 0 Å². The Morgan fingerprint density at radius 1 is 1.28 bits per heavy atom. The molecule has 4 nitrogen and oxygen atoms in total. The molecule has 4 heteroatoms. The molecule has 0 heterocycles. The van der Waals surface area contributed by atoms with E-state index in [1.807, 2.05) is 20.2 Å². The molecule has 0 aromatic heterocycles. The van der Waals surface area contributed by atoms with Crippen LogP contribution in [0.15, 0.2) is 11.8 Å². The van der Waals surface area contributed by atoms with Gasteiger partial charge in [-0.2, -0.15) is 0 Å².